The number of carbonyl (C=O) groups excluding carboxylic acids is 1. The van der Waals surface area contributed by atoms with Crippen molar-refractivity contribution >= 4 is 5.91 Å². The van der Waals surface area contributed by atoms with Crippen molar-refractivity contribution in [3.05, 3.63) is 31.5 Å². The summed E-state index contributed by atoms with van der Waals surface area (Å²) in [6.45, 7) is 1.28. The molecule has 8 heteroatoms. The van der Waals surface area contributed by atoms with E-state index in [0.29, 0.717) is 4.57 Å². The Morgan fingerprint density at radius 3 is 2.07 bits per heavy atom. The Kier molecular flexibility index (Phi) is 2.36. The topological polar surface area (TPSA) is 131 Å². The number of primary amides is 1. The maximum atomic E-state index is 11.1. The fourth-order valence-corrected chi connectivity index (χ4v) is 0.917. The van der Waals surface area contributed by atoms with E-state index in [1.54, 1.807) is 9.97 Å². The third kappa shape index (κ3) is 1.63. The standard InChI is InChI=1S/C6H8N4O4/c1-2(3(7)11)10-5(13)8-4(12)9-6(10)14/h2H,1H3,(H2,7,11)(H2,8,9,12,13,14). The van der Waals surface area contributed by atoms with Crippen molar-refractivity contribution in [2.75, 3.05) is 0 Å². The van der Waals surface area contributed by atoms with Gasteiger partial charge in [-0.15, -0.1) is 0 Å². The zero-order valence-corrected chi connectivity index (χ0v) is 7.23. The molecule has 1 atom stereocenters. The van der Waals surface area contributed by atoms with Crippen molar-refractivity contribution in [2.45, 2.75) is 13.0 Å². The number of nitrogens with one attached hydrogen (secondary N) is 2. The van der Waals surface area contributed by atoms with Crippen LogP contribution in [-0.4, -0.2) is 20.4 Å². The van der Waals surface area contributed by atoms with Gasteiger partial charge >= 0.3 is 17.1 Å². The molecule has 1 unspecified atom stereocenters. The van der Waals surface area contributed by atoms with Crippen molar-refractivity contribution in [1.82, 2.24) is 14.5 Å². The smallest absolute Gasteiger partial charge is 0.334 e. The van der Waals surface area contributed by atoms with Crippen LogP contribution in [0, 0.1) is 0 Å². The second kappa shape index (κ2) is 3.32. The molecule has 1 aromatic heterocycles. The lowest BCUT2D eigenvalue weighted by atomic mass is 10.3. The summed E-state index contributed by atoms with van der Waals surface area (Å²) in [5, 5.41) is 0. The average Bonchev–Trinajstić information content (AvgIpc) is 2.01. The maximum Gasteiger partial charge on any atom is 0.334 e. The normalized spacial score (nSPS) is 12.4. The molecule has 0 aliphatic heterocycles. The van der Waals surface area contributed by atoms with Gasteiger partial charge in [0.1, 0.15) is 6.04 Å². The van der Waals surface area contributed by atoms with E-state index in [1.807, 2.05) is 0 Å². The van der Waals surface area contributed by atoms with Gasteiger partial charge in [-0.05, 0) is 6.92 Å². The summed E-state index contributed by atoms with van der Waals surface area (Å²) in [5.74, 6) is -0.843. The summed E-state index contributed by atoms with van der Waals surface area (Å²) in [5.41, 5.74) is 2.04. The molecule has 1 aromatic rings. The third-order valence-electron chi connectivity index (χ3n) is 1.68. The van der Waals surface area contributed by atoms with Crippen LogP contribution in [0.2, 0.25) is 0 Å². The fraction of sp³-hybridized carbons (Fsp3) is 0.333. The Morgan fingerprint density at radius 1 is 1.29 bits per heavy atom. The first-order chi connectivity index (χ1) is 6.43. The highest BCUT2D eigenvalue weighted by Crippen LogP contribution is 1.93. The molecule has 1 heterocycles. The van der Waals surface area contributed by atoms with E-state index < -0.39 is 29.0 Å². The van der Waals surface area contributed by atoms with Crippen LogP contribution in [0.1, 0.15) is 13.0 Å². The molecule has 0 spiro atoms. The molecule has 76 valence electrons. The van der Waals surface area contributed by atoms with Crippen molar-refractivity contribution < 1.29 is 4.79 Å². The molecule has 0 fully saturated rings. The molecule has 8 nitrogen and oxygen atoms in total. The van der Waals surface area contributed by atoms with Crippen LogP contribution in [0.3, 0.4) is 0 Å². The summed E-state index contributed by atoms with van der Waals surface area (Å²) in [6, 6.07) is -1.11. The molecular weight excluding hydrogens is 192 g/mol. The minimum Gasteiger partial charge on any atom is -0.368 e. The highest BCUT2D eigenvalue weighted by atomic mass is 16.2. The van der Waals surface area contributed by atoms with Gasteiger partial charge in [-0.3, -0.25) is 14.8 Å². The molecule has 0 bridgehead atoms. The molecular formula is C6H8N4O4. The van der Waals surface area contributed by atoms with Gasteiger partial charge in [0.05, 0.1) is 0 Å². The molecule has 0 saturated carbocycles. The van der Waals surface area contributed by atoms with Gasteiger partial charge in [-0.2, -0.15) is 0 Å². The first-order valence-corrected chi connectivity index (χ1v) is 3.68. The largest absolute Gasteiger partial charge is 0.368 e. The van der Waals surface area contributed by atoms with Gasteiger partial charge in [0.2, 0.25) is 5.91 Å². The van der Waals surface area contributed by atoms with Crippen LogP contribution in [0.25, 0.3) is 0 Å². The summed E-state index contributed by atoms with van der Waals surface area (Å²) >= 11 is 0. The minimum atomic E-state index is -1.11. The molecule has 0 aromatic carbocycles. The zero-order valence-electron chi connectivity index (χ0n) is 7.23. The van der Waals surface area contributed by atoms with E-state index in [9.17, 15) is 19.2 Å². The molecule has 0 aliphatic rings. The minimum absolute atomic E-state index is 0.531. The van der Waals surface area contributed by atoms with Crippen LogP contribution >= 0.6 is 0 Å². The molecule has 1 amide bonds. The van der Waals surface area contributed by atoms with Gasteiger partial charge in [0.15, 0.2) is 0 Å². The first kappa shape index (κ1) is 9.96. The maximum absolute atomic E-state index is 11.1. The number of H-pyrrole nitrogens is 2. The number of aromatic amines is 2. The number of nitrogens with zero attached hydrogens (tertiary/aromatic N) is 1. The van der Waals surface area contributed by atoms with E-state index in [1.165, 1.54) is 6.92 Å². The lowest BCUT2D eigenvalue weighted by Crippen LogP contribution is -2.47. The second-order valence-electron chi connectivity index (χ2n) is 2.64. The number of rotatable bonds is 2. The van der Waals surface area contributed by atoms with Gasteiger partial charge < -0.3 is 5.73 Å². The van der Waals surface area contributed by atoms with E-state index >= 15 is 0 Å². The lowest BCUT2D eigenvalue weighted by molar-refractivity contribution is -0.120. The van der Waals surface area contributed by atoms with E-state index in [4.69, 9.17) is 5.73 Å². The number of aromatic nitrogens is 3. The zero-order chi connectivity index (χ0) is 10.9. The number of hydrogen-bond acceptors (Lipinski definition) is 4. The first-order valence-electron chi connectivity index (χ1n) is 3.68. The third-order valence-corrected chi connectivity index (χ3v) is 1.68. The number of hydrogen-bond donors (Lipinski definition) is 3. The predicted octanol–water partition coefficient (Wildman–Crippen LogP) is -2.73. The second-order valence-corrected chi connectivity index (χ2v) is 2.64. The Balaban J connectivity index is 3.51. The van der Waals surface area contributed by atoms with Crippen molar-refractivity contribution in [3.8, 4) is 0 Å². The van der Waals surface area contributed by atoms with E-state index in [2.05, 4.69) is 0 Å². The molecule has 4 N–H and O–H groups in total. The van der Waals surface area contributed by atoms with E-state index in [0.717, 1.165) is 0 Å². The van der Waals surface area contributed by atoms with Crippen LogP contribution < -0.4 is 22.8 Å². The van der Waals surface area contributed by atoms with Crippen LogP contribution in [-0.2, 0) is 4.79 Å². The summed E-state index contributed by atoms with van der Waals surface area (Å²) < 4.78 is 0.531. The number of nitrogens with two attached hydrogens (primary N) is 1. The van der Waals surface area contributed by atoms with Gasteiger partial charge in [-0.1, -0.05) is 0 Å². The Labute approximate surface area is 76.4 Å². The molecule has 0 aliphatic carbocycles. The average molecular weight is 200 g/mol. The monoisotopic (exact) mass is 200 g/mol. The molecule has 1 rings (SSSR count). The SMILES string of the molecule is CC(C(N)=O)n1c(=O)[nH]c(=O)[nH]c1=O. The highest BCUT2D eigenvalue weighted by molar-refractivity contribution is 5.77. The van der Waals surface area contributed by atoms with E-state index in [-0.39, 0.29) is 0 Å². The Morgan fingerprint density at radius 2 is 1.71 bits per heavy atom. The molecule has 0 saturated heterocycles. The lowest BCUT2D eigenvalue weighted by Gasteiger charge is -2.07. The number of amides is 1. The van der Waals surface area contributed by atoms with Crippen LogP contribution in [0.4, 0.5) is 0 Å². The molecule has 14 heavy (non-hydrogen) atoms. The van der Waals surface area contributed by atoms with Crippen molar-refractivity contribution in [3.63, 3.8) is 0 Å². The quantitative estimate of drug-likeness (QED) is 0.478. The summed E-state index contributed by atoms with van der Waals surface area (Å²) in [4.78, 5) is 47.1. The van der Waals surface area contributed by atoms with Crippen LogP contribution in [0.5, 0.6) is 0 Å². The van der Waals surface area contributed by atoms with Crippen molar-refractivity contribution in [1.29, 1.82) is 0 Å². The van der Waals surface area contributed by atoms with Gasteiger partial charge in [0, 0.05) is 0 Å². The van der Waals surface area contributed by atoms with Crippen molar-refractivity contribution in [2.24, 2.45) is 5.73 Å². The summed E-state index contributed by atoms with van der Waals surface area (Å²) in [7, 11) is 0. The number of carbonyl (C=O) groups is 1. The molecule has 0 radical (unpaired) electrons. The van der Waals surface area contributed by atoms with Gasteiger partial charge in [0.25, 0.3) is 0 Å². The predicted molar refractivity (Wildman–Crippen MR) is 45.8 cm³/mol. The van der Waals surface area contributed by atoms with Gasteiger partial charge in [-0.25, -0.2) is 19.0 Å². The van der Waals surface area contributed by atoms with Crippen LogP contribution in [0.15, 0.2) is 14.4 Å². The fourth-order valence-electron chi connectivity index (χ4n) is 0.917. The Hall–Kier alpha value is -2.12. The summed E-state index contributed by atoms with van der Waals surface area (Å²) in [6.07, 6.45) is 0. The Bertz CT molecular complexity index is 487. The highest BCUT2D eigenvalue weighted by Gasteiger charge is 2.15.